The minimum absolute atomic E-state index is 0. The summed E-state index contributed by atoms with van der Waals surface area (Å²) in [6, 6.07) is 0. The molecule has 3 amide bonds. The van der Waals surface area contributed by atoms with Gasteiger partial charge in [-0.25, -0.2) is 22.8 Å². The smallest absolute Gasteiger partial charge is 0.410 e. The highest BCUT2D eigenvalue weighted by atomic mass is 32.3. The van der Waals surface area contributed by atoms with Crippen LogP contribution in [0.15, 0.2) is 24.3 Å². The lowest BCUT2D eigenvalue weighted by Crippen LogP contribution is -2.46. The van der Waals surface area contributed by atoms with Crippen LogP contribution in [0.4, 0.5) is 14.4 Å². The minimum Gasteiger partial charge on any atom is -0.444 e. The average Bonchev–Trinajstić information content (AvgIpc) is 3.64. The summed E-state index contributed by atoms with van der Waals surface area (Å²) in [7, 11) is -1.85. The molecular weight excluding hydrogens is 1040 g/mol. The summed E-state index contributed by atoms with van der Waals surface area (Å²) in [6.07, 6.45) is -1.58. The van der Waals surface area contributed by atoms with Crippen LogP contribution in [0, 0.1) is 0 Å². The predicted molar refractivity (Wildman–Crippen MR) is 274 cm³/mol. The third-order valence-electron chi connectivity index (χ3n) is 11.3. The molecule has 6 saturated heterocycles. The Bertz CT molecular complexity index is 2070. The Morgan fingerprint density at radius 1 is 0.667 bits per heavy atom. The Kier molecular flexibility index (Phi) is 27.7. The minimum atomic E-state index is -4.67. The number of carbonyl (C=O) groups excluding carboxylic acids is 3. The van der Waals surface area contributed by atoms with E-state index in [2.05, 4.69) is 18.5 Å². The lowest BCUT2D eigenvalue weighted by molar-refractivity contribution is -0.0890. The van der Waals surface area contributed by atoms with E-state index in [1.54, 1.807) is 24.0 Å². The molecule has 6 fully saturated rings. The molecule has 8 N–H and O–H groups in total. The van der Waals surface area contributed by atoms with Crippen molar-refractivity contribution < 1.29 is 104 Å². The summed E-state index contributed by atoms with van der Waals surface area (Å²) >= 11 is 0. The molecule has 0 unspecified atom stereocenters. The van der Waals surface area contributed by atoms with Crippen molar-refractivity contribution >= 4 is 38.7 Å². The lowest BCUT2D eigenvalue weighted by atomic mass is 10.0. The molecule has 1 spiro atoms. The number of nitrogens with one attached hydrogen (secondary N) is 1. The van der Waals surface area contributed by atoms with Crippen molar-refractivity contribution in [1.29, 1.82) is 0 Å². The van der Waals surface area contributed by atoms with Crippen LogP contribution in [0.1, 0.15) is 69.7 Å². The SMILES string of the molecule is C.C=C1CN(C(=O)OC(C)(C)C)C[C@@H]1OC.C=C1CN(C(=O)OC(C)(C)C)C[C@H]1O.CO[C@H]1CN(C(=O)OC(C)(C)C)C[C@]12CO2.CO[C@H]1CN(S(C)(=O)=O)C[C@]1(O)CO.CO[C@H]1CNC[C@]1(O)CO.O=S(=O)(O)O. The summed E-state index contributed by atoms with van der Waals surface area (Å²) in [5, 5.41) is 49.3. The largest absolute Gasteiger partial charge is 0.444 e. The van der Waals surface area contributed by atoms with Crippen molar-refractivity contribution in [3.63, 3.8) is 0 Å². The van der Waals surface area contributed by atoms with Gasteiger partial charge in [0.15, 0.2) is 0 Å². The Balaban J connectivity index is 0.000000894. The van der Waals surface area contributed by atoms with Gasteiger partial charge in [-0.2, -0.15) is 12.7 Å². The van der Waals surface area contributed by atoms with Crippen LogP contribution in [0.3, 0.4) is 0 Å². The number of epoxide rings is 1. The number of methoxy groups -OCH3 is 4. The van der Waals surface area contributed by atoms with Crippen LogP contribution in [0.25, 0.3) is 0 Å². The highest BCUT2D eigenvalue weighted by molar-refractivity contribution is 7.88. The molecule has 0 aromatic heterocycles. The molecule has 6 aliphatic rings. The van der Waals surface area contributed by atoms with Crippen LogP contribution in [-0.4, -0.2) is 273 Å². The number of sulfonamides is 1. The number of β-amino-alcohol motifs (C(OH)–C–C–N with tert-alkyl or cyclic N) is 3. The first-order chi connectivity index (χ1) is 33.5. The predicted octanol–water partition coefficient (Wildman–Crippen LogP) is 0.295. The maximum absolute atomic E-state index is 11.8. The maximum Gasteiger partial charge on any atom is 0.410 e. The van der Waals surface area contributed by atoms with Crippen LogP contribution in [-0.2, 0) is 58.3 Å². The number of hydrogen-bond donors (Lipinski definition) is 8. The summed E-state index contributed by atoms with van der Waals surface area (Å²) < 4.78 is 96.5. The van der Waals surface area contributed by atoms with Crippen LogP contribution >= 0.6 is 0 Å². The first kappa shape index (κ1) is 71.6. The maximum atomic E-state index is 11.8. The first-order valence-electron chi connectivity index (χ1n) is 23.3. The van der Waals surface area contributed by atoms with Crippen molar-refractivity contribution in [1.82, 2.24) is 24.3 Å². The van der Waals surface area contributed by atoms with E-state index >= 15 is 0 Å². The van der Waals surface area contributed by atoms with E-state index < -0.39 is 73.3 Å². The van der Waals surface area contributed by atoms with Gasteiger partial charge in [0, 0.05) is 67.7 Å². The van der Waals surface area contributed by atoms with Crippen molar-refractivity contribution in [2.24, 2.45) is 0 Å². The second kappa shape index (κ2) is 29.0. The second-order valence-corrected chi connectivity index (χ2v) is 24.2. The number of ether oxygens (including phenoxy) is 8. The third-order valence-corrected chi connectivity index (χ3v) is 12.5. The molecule has 75 heavy (non-hydrogen) atoms. The van der Waals surface area contributed by atoms with Crippen molar-refractivity contribution in [2.45, 2.75) is 134 Å². The number of aliphatic hydroxyl groups excluding tert-OH is 3. The summed E-state index contributed by atoms with van der Waals surface area (Å²) in [6.45, 7) is 27.8. The quantitative estimate of drug-likeness (QED) is 0.0735. The van der Waals surface area contributed by atoms with E-state index in [0.717, 1.165) is 16.1 Å². The number of rotatable bonds is 7. The first-order valence-corrected chi connectivity index (χ1v) is 26.5. The van der Waals surface area contributed by atoms with Gasteiger partial charge >= 0.3 is 28.7 Å². The van der Waals surface area contributed by atoms with Gasteiger partial charge in [-0.1, -0.05) is 20.6 Å². The fourth-order valence-electron chi connectivity index (χ4n) is 7.36. The number of amides is 3. The number of nitrogens with zero attached hydrogens (tertiary/aromatic N) is 4. The molecule has 27 nitrogen and oxygen atoms in total. The molecule has 0 bridgehead atoms. The number of carbonyl (C=O) groups is 3. The highest BCUT2D eigenvalue weighted by Gasteiger charge is 2.59. The number of likely N-dealkylation sites (tertiary alicyclic amines) is 3. The Morgan fingerprint density at radius 3 is 1.37 bits per heavy atom. The highest BCUT2D eigenvalue weighted by Crippen LogP contribution is 2.39. The van der Waals surface area contributed by atoms with Crippen molar-refractivity contribution in [3.8, 4) is 0 Å². The summed E-state index contributed by atoms with van der Waals surface area (Å²) in [5.74, 6) is 0. The van der Waals surface area contributed by atoms with Crippen LogP contribution in [0.5, 0.6) is 0 Å². The molecule has 6 rings (SSSR count). The van der Waals surface area contributed by atoms with Gasteiger partial charge in [0.25, 0.3) is 0 Å². The van der Waals surface area contributed by atoms with Crippen molar-refractivity contribution in [3.05, 3.63) is 24.3 Å². The van der Waals surface area contributed by atoms with E-state index in [4.69, 9.17) is 65.6 Å². The third kappa shape index (κ3) is 24.9. The Morgan fingerprint density at radius 2 is 1.08 bits per heavy atom. The number of hydrogen-bond acceptors (Lipinski definition) is 21. The molecule has 0 saturated carbocycles. The van der Waals surface area contributed by atoms with Gasteiger partial charge in [0.05, 0.1) is 64.5 Å². The van der Waals surface area contributed by atoms with Gasteiger partial charge in [0.1, 0.15) is 51.9 Å². The molecule has 0 radical (unpaired) electrons. The summed E-state index contributed by atoms with van der Waals surface area (Å²) in [4.78, 5) is 39.7. The Hall–Kier alpha value is -3.37. The fourth-order valence-corrected chi connectivity index (χ4v) is 8.22. The topological polar surface area (TPSA) is 363 Å². The van der Waals surface area contributed by atoms with Gasteiger partial charge in [0.2, 0.25) is 10.0 Å². The zero-order valence-electron chi connectivity index (χ0n) is 45.4. The van der Waals surface area contributed by atoms with Gasteiger partial charge in [-0.15, -0.1) is 0 Å². The van der Waals surface area contributed by atoms with Crippen molar-refractivity contribution in [2.75, 3.05) is 120 Å². The molecule has 0 aromatic rings. The van der Waals surface area contributed by atoms with Gasteiger partial charge in [-0.3, -0.25) is 9.11 Å². The normalized spacial score (nSPS) is 28.4. The van der Waals surface area contributed by atoms with Crippen LogP contribution in [0.2, 0.25) is 0 Å². The van der Waals surface area contributed by atoms with E-state index in [-0.39, 0.29) is 69.8 Å². The average molecular weight is 1130 g/mol. The van der Waals surface area contributed by atoms with E-state index in [0.29, 0.717) is 58.0 Å². The van der Waals surface area contributed by atoms with Gasteiger partial charge in [-0.05, 0) is 73.5 Å². The molecule has 6 aliphatic heterocycles. The zero-order valence-corrected chi connectivity index (χ0v) is 47.0. The molecule has 442 valence electrons. The monoisotopic (exact) mass is 1130 g/mol. The lowest BCUT2D eigenvalue weighted by Gasteiger charge is -2.24. The zero-order chi connectivity index (χ0) is 57.6. The summed E-state index contributed by atoms with van der Waals surface area (Å²) in [5.41, 5.74) is -2.65. The fraction of sp³-hybridized carbons (Fsp3) is 0.848. The second-order valence-electron chi connectivity index (χ2n) is 21.3. The molecule has 0 aromatic carbocycles. The van der Waals surface area contributed by atoms with E-state index in [9.17, 15) is 38.1 Å². The molecule has 8 atom stereocenters. The molecule has 29 heteroatoms. The standard InChI is InChI=1S/C11H19NO4.C11H19NO3.C10H17NO3.C7H15NO5S.C6H13NO3.CH4.H2O4S/c1-10(2,3)16-9(13)12-5-8(14-4)11(6-12)7-15-11;1-8-6-12(7-9(8)14-5)10(13)15-11(2,3)4;1-7-5-11(6-8(7)12)9(13)14-10(2,3)4;1-13-6-3-8(14(2,11)12)4-7(6,10)5-9;1-10-5-2-7-3-6(5,9)4-8;;1-5(2,3)4/h8H,5-7H2,1-4H3;9H,1,6-7H2,2-5H3;8,12H,1,5-6H2,2-4H3;6,9-10H,3-5H2,1-2H3;5,7-9H,2-4H2,1H3;1H4;(H2,1,2,3,4)/t8-,11-;9-;8-;6-,7-;5-,6-;;/m00100../s1. The molecular formula is C46H89N5O22S2. The van der Waals surface area contributed by atoms with Gasteiger partial charge < -0.3 is 83.4 Å². The van der Waals surface area contributed by atoms with E-state index in [1.165, 1.54) is 19.1 Å². The molecule has 6 heterocycles. The van der Waals surface area contributed by atoms with Crippen LogP contribution < -0.4 is 5.32 Å². The number of aliphatic hydroxyl groups is 5. The molecule has 0 aliphatic carbocycles. The Labute approximate surface area is 443 Å². The van der Waals surface area contributed by atoms with E-state index in [1.807, 2.05) is 62.3 Å².